The number of nitrogens with zero attached hydrogens (tertiary/aromatic N) is 2. The molecular weight excluding hydrogens is 276 g/mol. The molecule has 1 fully saturated rings. The second-order valence-corrected chi connectivity index (χ2v) is 6.60. The van der Waals surface area contributed by atoms with Crippen LogP contribution < -0.4 is 0 Å². The Kier molecular flexibility index (Phi) is 7.16. The molecule has 2 atom stereocenters. The fourth-order valence-electron chi connectivity index (χ4n) is 2.66. The van der Waals surface area contributed by atoms with Gasteiger partial charge >= 0.3 is 0 Å². The van der Waals surface area contributed by atoms with Gasteiger partial charge < -0.3 is 9.80 Å². The minimum atomic E-state index is 0.250. The van der Waals surface area contributed by atoms with Crippen molar-refractivity contribution in [2.24, 2.45) is 5.92 Å². The zero-order valence-electron chi connectivity index (χ0n) is 13.6. The molecule has 1 heterocycles. The second kappa shape index (κ2) is 8.38. The first-order valence-corrected chi connectivity index (χ1v) is 8.23. The van der Waals surface area contributed by atoms with Gasteiger partial charge in [0, 0.05) is 48.9 Å². The lowest BCUT2D eigenvalue weighted by Gasteiger charge is -2.26. The Balaban J connectivity index is 2.28. The molecule has 0 saturated carbocycles. The molecule has 0 aliphatic carbocycles. The summed E-state index contributed by atoms with van der Waals surface area (Å²) in [5, 5.41) is 0.250. The standard InChI is InChI=1S/C18H30N2S/c1-7-10-14(2)16(4)19(6)11-8-9-12-20-15(3)13-18(21)17(20)5/h7,14,18,21H,1,3-5,8-13H2,2,6H3. The van der Waals surface area contributed by atoms with Gasteiger partial charge in [0.2, 0.25) is 0 Å². The van der Waals surface area contributed by atoms with E-state index in [0.29, 0.717) is 5.92 Å². The van der Waals surface area contributed by atoms with E-state index in [9.17, 15) is 0 Å². The Labute approximate surface area is 136 Å². The average Bonchev–Trinajstić information content (AvgIpc) is 2.68. The summed E-state index contributed by atoms with van der Waals surface area (Å²) in [5.41, 5.74) is 3.44. The van der Waals surface area contributed by atoms with Crippen molar-refractivity contribution in [3.63, 3.8) is 0 Å². The molecule has 0 aromatic carbocycles. The molecule has 1 aliphatic heterocycles. The van der Waals surface area contributed by atoms with E-state index in [2.05, 4.69) is 62.7 Å². The smallest absolute Gasteiger partial charge is 0.0468 e. The molecule has 1 aliphatic rings. The third kappa shape index (κ3) is 4.99. The first kappa shape index (κ1) is 18.0. The monoisotopic (exact) mass is 306 g/mol. The van der Waals surface area contributed by atoms with Crippen LogP contribution in [0.4, 0.5) is 0 Å². The van der Waals surface area contributed by atoms with Crippen molar-refractivity contribution in [1.29, 1.82) is 0 Å². The molecule has 0 aromatic rings. The molecule has 0 radical (unpaired) electrons. The maximum absolute atomic E-state index is 4.52. The number of rotatable bonds is 9. The van der Waals surface area contributed by atoms with Crippen molar-refractivity contribution < 1.29 is 0 Å². The molecule has 1 rings (SSSR count). The van der Waals surface area contributed by atoms with E-state index in [1.807, 2.05) is 6.08 Å². The first-order valence-electron chi connectivity index (χ1n) is 7.71. The van der Waals surface area contributed by atoms with E-state index in [4.69, 9.17) is 0 Å². The average molecular weight is 307 g/mol. The van der Waals surface area contributed by atoms with E-state index in [1.165, 1.54) is 5.70 Å². The number of unbranched alkanes of at least 4 members (excludes halogenated alkanes) is 1. The van der Waals surface area contributed by atoms with Crippen LogP contribution in [-0.4, -0.2) is 35.2 Å². The minimum absolute atomic E-state index is 0.250. The summed E-state index contributed by atoms with van der Waals surface area (Å²) in [6.07, 6.45) is 6.15. The Morgan fingerprint density at radius 3 is 2.67 bits per heavy atom. The molecule has 118 valence electrons. The van der Waals surface area contributed by atoms with Gasteiger partial charge in [0.05, 0.1) is 0 Å². The van der Waals surface area contributed by atoms with Crippen molar-refractivity contribution in [3.8, 4) is 0 Å². The quantitative estimate of drug-likeness (QED) is 0.382. The first-order chi connectivity index (χ1) is 9.88. The van der Waals surface area contributed by atoms with Crippen LogP contribution in [0.25, 0.3) is 0 Å². The van der Waals surface area contributed by atoms with Crippen molar-refractivity contribution >= 4 is 12.6 Å². The third-order valence-electron chi connectivity index (χ3n) is 4.25. The number of thiol groups is 1. The predicted molar refractivity (Wildman–Crippen MR) is 97.4 cm³/mol. The summed E-state index contributed by atoms with van der Waals surface area (Å²) in [4.78, 5) is 4.50. The molecule has 2 nitrogen and oxygen atoms in total. The summed E-state index contributed by atoms with van der Waals surface area (Å²) in [7, 11) is 2.12. The number of likely N-dealkylation sites (tertiary alicyclic amines) is 1. The lowest BCUT2D eigenvalue weighted by atomic mass is 10.0. The van der Waals surface area contributed by atoms with Crippen LogP contribution in [0, 0.1) is 5.92 Å². The Morgan fingerprint density at radius 2 is 2.14 bits per heavy atom. The second-order valence-electron chi connectivity index (χ2n) is 5.97. The SMILES string of the molecule is C=CCC(C)C(=C)N(C)CCCCN1C(=C)CC(S)C1=C. The largest absolute Gasteiger partial charge is 0.378 e. The topological polar surface area (TPSA) is 6.48 Å². The zero-order chi connectivity index (χ0) is 16.0. The number of hydrogen-bond acceptors (Lipinski definition) is 3. The van der Waals surface area contributed by atoms with Crippen molar-refractivity contribution in [1.82, 2.24) is 9.80 Å². The van der Waals surface area contributed by atoms with Gasteiger partial charge in [0.25, 0.3) is 0 Å². The molecule has 1 saturated heterocycles. The molecule has 0 aromatic heterocycles. The molecule has 0 bridgehead atoms. The minimum Gasteiger partial charge on any atom is -0.378 e. The Morgan fingerprint density at radius 1 is 1.48 bits per heavy atom. The molecule has 0 amide bonds. The van der Waals surface area contributed by atoms with Gasteiger partial charge in [-0.15, -0.1) is 6.58 Å². The Bertz CT molecular complexity index is 413. The van der Waals surface area contributed by atoms with Gasteiger partial charge in [-0.3, -0.25) is 0 Å². The van der Waals surface area contributed by atoms with Crippen LogP contribution >= 0.6 is 12.6 Å². The molecular formula is C18H30N2S. The molecule has 3 heteroatoms. The Hall–Kier alpha value is -1.09. The fourth-order valence-corrected chi connectivity index (χ4v) is 3.01. The summed E-state index contributed by atoms with van der Waals surface area (Å²) in [5.74, 6) is 0.468. The molecule has 0 N–H and O–H groups in total. The van der Waals surface area contributed by atoms with E-state index in [0.717, 1.165) is 50.2 Å². The molecule has 2 unspecified atom stereocenters. The highest BCUT2D eigenvalue weighted by Gasteiger charge is 2.26. The third-order valence-corrected chi connectivity index (χ3v) is 4.73. The van der Waals surface area contributed by atoms with E-state index < -0.39 is 0 Å². The highest BCUT2D eigenvalue weighted by atomic mass is 32.1. The lowest BCUT2D eigenvalue weighted by Crippen LogP contribution is -2.24. The van der Waals surface area contributed by atoms with E-state index in [-0.39, 0.29) is 5.25 Å². The highest BCUT2D eigenvalue weighted by molar-refractivity contribution is 7.81. The van der Waals surface area contributed by atoms with Gasteiger partial charge in [-0.1, -0.05) is 32.7 Å². The number of allylic oxidation sites excluding steroid dienone is 3. The molecule has 0 spiro atoms. The summed E-state index contributed by atoms with van der Waals surface area (Å²) < 4.78 is 0. The fraction of sp³-hybridized carbons (Fsp3) is 0.556. The predicted octanol–water partition coefficient (Wildman–Crippen LogP) is 4.46. The van der Waals surface area contributed by atoms with Gasteiger partial charge in [-0.2, -0.15) is 12.6 Å². The maximum atomic E-state index is 4.52. The number of hydrogen-bond donors (Lipinski definition) is 1. The zero-order valence-corrected chi connectivity index (χ0v) is 14.5. The maximum Gasteiger partial charge on any atom is 0.0468 e. The van der Waals surface area contributed by atoms with Gasteiger partial charge in [0.15, 0.2) is 0 Å². The van der Waals surface area contributed by atoms with Crippen molar-refractivity contribution in [3.05, 3.63) is 49.5 Å². The lowest BCUT2D eigenvalue weighted by molar-refractivity contribution is 0.345. The summed E-state index contributed by atoms with van der Waals surface area (Å²) in [6, 6.07) is 0. The van der Waals surface area contributed by atoms with Crippen LogP contribution in [-0.2, 0) is 0 Å². The van der Waals surface area contributed by atoms with Crippen molar-refractivity contribution in [2.75, 3.05) is 20.1 Å². The van der Waals surface area contributed by atoms with Crippen LogP contribution in [0.3, 0.4) is 0 Å². The van der Waals surface area contributed by atoms with E-state index >= 15 is 0 Å². The van der Waals surface area contributed by atoms with Crippen molar-refractivity contribution in [2.45, 2.75) is 37.9 Å². The van der Waals surface area contributed by atoms with Crippen LogP contribution in [0.2, 0.25) is 0 Å². The summed E-state index contributed by atoms with van der Waals surface area (Å²) >= 11 is 4.52. The van der Waals surface area contributed by atoms with Gasteiger partial charge in [-0.25, -0.2) is 0 Å². The van der Waals surface area contributed by atoms with Crippen LogP contribution in [0.5, 0.6) is 0 Å². The normalized spacial score (nSPS) is 19.8. The highest BCUT2D eigenvalue weighted by Crippen LogP contribution is 2.32. The van der Waals surface area contributed by atoms with E-state index in [1.54, 1.807) is 0 Å². The van der Waals surface area contributed by atoms with Crippen LogP contribution in [0.15, 0.2) is 49.5 Å². The molecule has 21 heavy (non-hydrogen) atoms. The van der Waals surface area contributed by atoms with Gasteiger partial charge in [0.1, 0.15) is 0 Å². The van der Waals surface area contributed by atoms with Gasteiger partial charge in [-0.05, 0) is 25.2 Å². The summed E-state index contributed by atoms with van der Waals surface area (Å²) in [6.45, 7) is 20.4. The van der Waals surface area contributed by atoms with Crippen LogP contribution in [0.1, 0.15) is 32.6 Å².